The average Bonchev–Trinajstić information content (AvgIpc) is 3.08. The molecule has 2 unspecified atom stereocenters. The van der Waals surface area contributed by atoms with Crippen LogP contribution in [0.2, 0.25) is 0 Å². The standard InChI is InChI=1S/C25H38N2O2S/c1-24-14-7-10-21(24)20-11-12-23-25(2,22(20)13-15-24)16-19(18-8-5-4-6-9-18)17-27(23)26-30(3,28)29/h4-6,8-9,19-23,26H,7,10-17H2,1-3H3/t19?,20-,21-,22+,23?,24-,25+/m0/s1. The second kappa shape index (κ2) is 7.31. The number of hydrazine groups is 1. The summed E-state index contributed by atoms with van der Waals surface area (Å²) in [6, 6.07) is 11.1. The third kappa shape index (κ3) is 3.45. The Morgan fingerprint density at radius 1 is 1.00 bits per heavy atom. The molecule has 1 saturated heterocycles. The van der Waals surface area contributed by atoms with Gasteiger partial charge in [-0.25, -0.2) is 13.4 Å². The van der Waals surface area contributed by atoms with Crippen LogP contribution in [0.4, 0.5) is 0 Å². The minimum atomic E-state index is -3.28. The summed E-state index contributed by atoms with van der Waals surface area (Å²) < 4.78 is 24.5. The van der Waals surface area contributed by atoms with Crippen LogP contribution in [-0.2, 0) is 10.0 Å². The molecule has 0 spiro atoms. The van der Waals surface area contributed by atoms with Gasteiger partial charge in [0.2, 0.25) is 10.0 Å². The highest BCUT2D eigenvalue weighted by Gasteiger charge is 2.59. The molecule has 5 heteroatoms. The van der Waals surface area contributed by atoms with Crippen LogP contribution in [-0.4, -0.2) is 32.3 Å². The number of sulfonamides is 1. The van der Waals surface area contributed by atoms with Gasteiger partial charge in [-0.1, -0.05) is 50.6 Å². The molecule has 30 heavy (non-hydrogen) atoms. The number of hydrogen-bond donors (Lipinski definition) is 1. The molecule has 0 radical (unpaired) electrons. The van der Waals surface area contributed by atoms with E-state index in [9.17, 15) is 8.42 Å². The lowest BCUT2D eigenvalue weighted by Crippen LogP contribution is -2.65. The minimum Gasteiger partial charge on any atom is -0.227 e. The second-order valence-electron chi connectivity index (χ2n) is 11.4. The van der Waals surface area contributed by atoms with Crippen LogP contribution in [0.15, 0.2) is 30.3 Å². The molecule has 1 aliphatic heterocycles. The molecular formula is C25H38N2O2S. The highest BCUT2D eigenvalue weighted by molar-refractivity contribution is 7.88. The quantitative estimate of drug-likeness (QED) is 0.739. The Morgan fingerprint density at radius 3 is 2.50 bits per heavy atom. The van der Waals surface area contributed by atoms with E-state index in [1.807, 2.05) is 0 Å². The highest BCUT2D eigenvalue weighted by Crippen LogP contribution is 2.65. The zero-order valence-electron chi connectivity index (χ0n) is 18.8. The summed E-state index contributed by atoms with van der Waals surface area (Å²) in [5.41, 5.74) is 2.06. The van der Waals surface area contributed by atoms with Crippen molar-refractivity contribution < 1.29 is 8.42 Å². The van der Waals surface area contributed by atoms with E-state index in [1.54, 1.807) is 0 Å². The van der Waals surface area contributed by atoms with Crippen molar-refractivity contribution in [2.45, 2.75) is 77.2 Å². The summed E-state index contributed by atoms with van der Waals surface area (Å²) in [4.78, 5) is 2.94. The largest absolute Gasteiger partial charge is 0.227 e. The zero-order chi connectivity index (χ0) is 21.1. The molecule has 4 nitrogen and oxygen atoms in total. The SMILES string of the molecule is C[C@@]12CCC[C@H]1[C@@H]1CCC3N(NS(C)(=O)=O)CC(c4ccccc4)C[C@]3(C)[C@@H]1CC2. The topological polar surface area (TPSA) is 49.4 Å². The lowest BCUT2D eigenvalue weighted by Gasteiger charge is -2.63. The molecule has 1 heterocycles. The Hall–Kier alpha value is -0.910. The van der Waals surface area contributed by atoms with Crippen molar-refractivity contribution in [3.05, 3.63) is 35.9 Å². The summed E-state index contributed by atoms with van der Waals surface area (Å²) in [6.45, 7) is 5.83. The van der Waals surface area contributed by atoms with Crippen LogP contribution in [0, 0.1) is 28.6 Å². The van der Waals surface area contributed by atoms with Gasteiger partial charge in [-0.2, -0.15) is 0 Å². The highest BCUT2D eigenvalue weighted by atomic mass is 32.2. The van der Waals surface area contributed by atoms with E-state index in [2.05, 4.69) is 54.0 Å². The molecule has 0 bridgehead atoms. The van der Waals surface area contributed by atoms with Crippen molar-refractivity contribution >= 4 is 10.0 Å². The number of benzene rings is 1. The van der Waals surface area contributed by atoms with Crippen LogP contribution in [0.3, 0.4) is 0 Å². The number of nitrogens with one attached hydrogen (secondary N) is 1. The van der Waals surface area contributed by atoms with Crippen molar-refractivity contribution in [2.24, 2.45) is 28.6 Å². The number of fused-ring (bicyclic) bond motifs is 5. The first-order chi connectivity index (χ1) is 14.2. The molecule has 5 rings (SSSR count). The molecule has 4 fully saturated rings. The molecular weight excluding hydrogens is 392 g/mol. The van der Waals surface area contributed by atoms with Gasteiger partial charge in [0, 0.05) is 12.6 Å². The second-order valence-corrected chi connectivity index (χ2v) is 13.1. The van der Waals surface area contributed by atoms with Gasteiger partial charge < -0.3 is 0 Å². The fourth-order valence-electron chi connectivity index (χ4n) is 8.45. The molecule has 4 aliphatic rings. The number of piperidine rings is 1. The Bertz CT molecular complexity index is 888. The van der Waals surface area contributed by atoms with E-state index in [0.29, 0.717) is 23.3 Å². The number of rotatable bonds is 3. The van der Waals surface area contributed by atoms with Crippen LogP contribution < -0.4 is 4.83 Å². The lowest BCUT2D eigenvalue weighted by molar-refractivity contribution is -0.132. The van der Waals surface area contributed by atoms with Gasteiger partial charge >= 0.3 is 0 Å². The summed E-state index contributed by atoms with van der Waals surface area (Å²) >= 11 is 0. The van der Waals surface area contributed by atoms with Crippen molar-refractivity contribution in [1.82, 2.24) is 9.84 Å². The van der Waals surface area contributed by atoms with Crippen molar-refractivity contribution in [1.29, 1.82) is 0 Å². The van der Waals surface area contributed by atoms with E-state index >= 15 is 0 Å². The molecule has 1 N–H and O–H groups in total. The van der Waals surface area contributed by atoms with Crippen LogP contribution in [0.25, 0.3) is 0 Å². The Labute approximate surface area is 182 Å². The van der Waals surface area contributed by atoms with Gasteiger partial charge in [0.15, 0.2) is 0 Å². The monoisotopic (exact) mass is 430 g/mol. The molecule has 3 saturated carbocycles. The summed E-state index contributed by atoms with van der Waals surface area (Å²) in [5.74, 6) is 2.78. The normalized spacial score (nSPS) is 44.2. The van der Waals surface area contributed by atoms with Gasteiger partial charge in [0.1, 0.15) is 0 Å². The van der Waals surface area contributed by atoms with Gasteiger partial charge in [-0.05, 0) is 85.0 Å². The number of nitrogens with zero attached hydrogens (tertiary/aromatic N) is 1. The van der Waals surface area contributed by atoms with Gasteiger partial charge in [0.25, 0.3) is 0 Å². The Morgan fingerprint density at radius 2 is 1.77 bits per heavy atom. The lowest BCUT2D eigenvalue weighted by atomic mass is 9.47. The molecule has 1 aromatic rings. The number of hydrogen-bond acceptors (Lipinski definition) is 3. The van der Waals surface area contributed by atoms with Gasteiger partial charge in [-0.3, -0.25) is 0 Å². The minimum absolute atomic E-state index is 0.156. The van der Waals surface area contributed by atoms with Gasteiger partial charge in [0.05, 0.1) is 6.26 Å². The smallest absolute Gasteiger partial charge is 0.221 e. The third-order valence-electron chi connectivity index (χ3n) is 9.63. The van der Waals surface area contributed by atoms with E-state index in [1.165, 1.54) is 56.8 Å². The van der Waals surface area contributed by atoms with E-state index in [0.717, 1.165) is 24.8 Å². The molecule has 0 amide bonds. The third-order valence-corrected chi connectivity index (χ3v) is 10.2. The summed E-state index contributed by atoms with van der Waals surface area (Å²) in [5, 5.41) is 2.12. The predicted molar refractivity (Wildman–Crippen MR) is 121 cm³/mol. The first-order valence-electron chi connectivity index (χ1n) is 12.0. The van der Waals surface area contributed by atoms with E-state index in [-0.39, 0.29) is 5.41 Å². The first kappa shape index (κ1) is 21.0. The van der Waals surface area contributed by atoms with Crippen LogP contribution in [0.5, 0.6) is 0 Å². The maximum atomic E-state index is 12.2. The van der Waals surface area contributed by atoms with E-state index < -0.39 is 10.0 Å². The fraction of sp³-hybridized carbons (Fsp3) is 0.760. The maximum Gasteiger partial charge on any atom is 0.221 e. The summed E-state index contributed by atoms with van der Waals surface area (Å²) in [6.07, 6.45) is 11.8. The van der Waals surface area contributed by atoms with E-state index in [4.69, 9.17) is 0 Å². The molecule has 1 aromatic carbocycles. The molecule has 0 aromatic heterocycles. The van der Waals surface area contributed by atoms with Crippen molar-refractivity contribution in [2.75, 3.05) is 12.8 Å². The maximum absolute atomic E-state index is 12.2. The van der Waals surface area contributed by atoms with Gasteiger partial charge in [-0.15, -0.1) is 4.83 Å². The van der Waals surface area contributed by atoms with Crippen LogP contribution in [0.1, 0.15) is 76.7 Å². The molecule has 7 atom stereocenters. The fourth-order valence-corrected chi connectivity index (χ4v) is 9.08. The average molecular weight is 431 g/mol. The van der Waals surface area contributed by atoms with Crippen molar-refractivity contribution in [3.8, 4) is 0 Å². The van der Waals surface area contributed by atoms with Crippen molar-refractivity contribution in [3.63, 3.8) is 0 Å². The Kier molecular flexibility index (Phi) is 5.11. The molecule has 166 valence electrons. The Balaban J connectivity index is 1.51. The first-order valence-corrected chi connectivity index (χ1v) is 13.9. The molecule has 3 aliphatic carbocycles. The van der Waals surface area contributed by atoms with Crippen LogP contribution >= 0.6 is 0 Å². The predicted octanol–water partition coefficient (Wildman–Crippen LogP) is 4.94. The summed E-state index contributed by atoms with van der Waals surface area (Å²) in [7, 11) is -3.28. The zero-order valence-corrected chi connectivity index (χ0v) is 19.6.